The Labute approximate surface area is 64.5 Å². The van der Waals surface area contributed by atoms with Gasteiger partial charge in [-0.1, -0.05) is 34.1 Å². The van der Waals surface area contributed by atoms with Gasteiger partial charge in [0.2, 0.25) is 0 Å². The van der Waals surface area contributed by atoms with Crippen LogP contribution in [0.3, 0.4) is 0 Å². The number of aliphatic hydroxyl groups is 1. The Bertz CT molecular complexity index is 88.7. The quantitative estimate of drug-likeness (QED) is 0.640. The molecule has 0 aliphatic carbocycles. The zero-order valence-corrected chi connectivity index (χ0v) is 7.57. The Morgan fingerprint density at radius 1 is 1.40 bits per heavy atom. The lowest BCUT2D eigenvalue weighted by atomic mass is 9.76. The second kappa shape index (κ2) is 3.97. The van der Waals surface area contributed by atoms with Crippen LogP contribution in [0.5, 0.6) is 0 Å². The van der Waals surface area contributed by atoms with Crippen LogP contribution in [0.25, 0.3) is 0 Å². The molecule has 1 N–H and O–H groups in total. The van der Waals surface area contributed by atoms with Gasteiger partial charge in [-0.15, -0.1) is 0 Å². The monoisotopic (exact) mass is 143 g/mol. The summed E-state index contributed by atoms with van der Waals surface area (Å²) >= 11 is 0. The van der Waals surface area contributed by atoms with Crippen LogP contribution in [0.1, 0.15) is 40.5 Å². The largest absolute Gasteiger partial charge is 0.396 e. The summed E-state index contributed by atoms with van der Waals surface area (Å²) < 4.78 is 0. The smallest absolute Gasteiger partial charge is 0.0490 e. The first-order valence-corrected chi connectivity index (χ1v) is 3.98. The molecule has 0 saturated heterocycles. The maximum Gasteiger partial charge on any atom is 0.0490 e. The zero-order chi connectivity index (χ0) is 8.20. The van der Waals surface area contributed by atoms with Gasteiger partial charge in [-0.25, -0.2) is 0 Å². The molecule has 0 spiro atoms. The standard InChI is InChI=1S/C9H19O/c1-5-6-9(4,7-10)8(2)3/h10H,5-7H2,1-4H3. The highest BCUT2D eigenvalue weighted by Crippen LogP contribution is 2.32. The Morgan fingerprint density at radius 3 is 2.00 bits per heavy atom. The minimum atomic E-state index is 0.0642. The predicted octanol–water partition coefficient (Wildman–Crippen LogP) is 2.40. The van der Waals surface area contributed by atoms with E-state index in [9.17, 15) is 0 Å². The maximum absolute atomic E-state index is 9.07. The summed E-state index contributed by atoms with van der Waals surface area (Å²) in [6.45, 7) is 8.73. The fourth-order valence-electron chi connectivity index (χ4n) is 1.04. The van der Waals surface area contributed by atoms with Gasteiger partial charge < -0.3 is 5.11 Å². The molecule has 1 radical (unpaired) electrons. The lowest BCUT2D eigenvalue weighted by Crippen LogP contribution is -2.25. The van der Waals surface area contributed by atoms with Gasteiger partial charge >= 0.3 is 0 Å². The van der Waals surface area contributed by atoms with Crippen molar-refractivity contribution in [3.8, 4) is 0 Å². The number of rotatable bonds is 4. The van der Waals surface area contributed by atoms with Crippen molar-refractivity contribution in [1.29, 1.82) is 0 Å². The molecule has 0 aliphatic heterocycles. The van der Waals surface area contributed by atoms with E-state index in [4.69, 9.17) is 5.11 Å². The summed E-state index contributed by atoms with van der Waals surface area (Å²) in [7, 11) is 0. The van der Waals surface area contributed by atoms with Crippen molar-refractivity contribution in [1.82, 2.24) is 0 Å². The lowest BCUT2D eigenvalue weighted by molar-refractivity contribution is 0.145. The molecule has 0 heterocycles. The molecule has 0 aromatic rings. The maximum atomic E-state index is 9.07. The summed E-state index contributed by atoms with van der Waals surface area (Å²) in [5.74, 6) is 1.33. The minimum Gasteiger partial charge on any atom is -0.396 e. The molecule has 1 unspecified atom stereocenters. The van der Waals surface area contributed by atoms with Gasteiger partial charge in [0.05, 0.1) is 0 Å². The van der Waals surface area contributed by atoms with Crippen LogP contribution in [0.4, 0.5) is 0 Å². The van der Waals surface area contributed by atoms with Crippen LogP contribution in [0, 0.1) is 11.3 Å². The summed E-state index contributed by atoms with van der Waals surface area (Å²) in [6, 6.07) is 0. The molecule has 1 heteroatoms. The molecule has 61 valence electrons. The SMILES string of the molecule is CCCC(C)(CO)[C](C)C. The van der Waals surface area contributed by atoms with Crippen LogP contribution < -0.4 is 0 Å². The number of hydrogen-bond donors (Lipinski definition) is 1. The summed E-state index contributed by atoms with van der Waals surface area (Å²) in [5, 5.41) is 9.07. The Balaban J connectivity index is 3.94. The normalized spacial score (nSPS) is 17.4. The van der Waals surface area contributed by atoms with E-state index >= 15 is 0 Å². The van der Waals surface area contributed by atoms with E-state index in [0.29, 0.717) is 0 Å². The second-order valence-corrected chi connectivity index (χ2v) is 3.47. The van der Waals surface area contributed by atoms with Gasteiger partial charge in [0.15, 0.2) is 0 Å². The fraction of sp³-hybridized carbons (Fsp3) is 0.889. The van der Waals surface area contributed by atoms with Crippen LogP contribution in [-0.4, -0.2) is 11.7 Å². The van der Waals surface area contributed by atoms with Crippen molar-refractivity contribution in [3.63, 3.8) is 0 Å². The third kappa shape index (κ3) is 2.30. The Kier molecular flexibility index (Phi) is 3.95. The van der Waals surface area contributed by atoms with Gasteiger partial charge in [-0.2, -0.15) is 0 Å². The van der Waals surface area contributed by atoms with E-state index in [0.717, 1.165) is 12.8 Å². The van der Waals surface area contributed by atoms with E-state index in [1.54, 1.807) is 0 Å². The highest BCUT2D eigenvalue weighted by Gasteiger charge is 2.26. The van der Waals surface area contributed by atoms with Gasteiger partial charge in [0, 0.05) is 6.61 Å². The third-order valence-electron chi connectivity index (χ3n) is 2.36. The zero-order valence-electron chi connectivity index (χ0n) is 7.57. The summed E-state index contributed by atoms with van der Waals surface area (Å²) in [6.07, 6.45) is 2.23. The summed E-state index contributed by atoms with van der Waals surface area (Å²) in [5.41, 5.74) is 0.0642. The fourth-order valence-corrected chi connectivity index (χ4v) is 1.04. The molecule has 10 heavy (non-hydrogen) atoms. The van der Waals surface area contributed by atoms with Gasteiger partial charge in [-0.05, 0) is 17.8 Å². The number of hydrogen-bond acceptors (Lipinski definition) is 1. The number of aliphatic hydroxyl groups excluding tert-OH is 1. The average molecular weight is 143 g/mol. The Morgan fingerprint density at radius 2 is 1.90 bits per heavy atom. The molecular formula is C9H19O. The summed E-state index contributed by atoms with van der Waals surface area (Å²) in [4.78, 5) is 0. The van der Waals surface area contributed by atoms with Crippen LogP contribution in [-0.2, 0) is 0 Å². The third-order valence-corrected chi connectivity index (χ3v) is 2.36. The first-order valence-electron chi connectivity index (χ1n) is 3.98. The molecule has 0 rings (SSSR count). The highest BCUT2D eigenvalue weighted by molar-refractivity contribution is 4.97. The van der Waals surface area contributed by atoms with Crippen LogP contribution in [0.2, 0.25) is 0 Å². The molecule has 0 aromatic carbocycles. The highest BCUT2D eigenvalue weighted by atomic mass is 16.3. The first kappa shape index (κ1) is 9.96. The molecule has 1 atom stereocenters. The van der Waals surface area contributed by atoms with E-state index in [1.165, 1.54) is 5.92 Å². The molecule has 0 saturated carbocycles. The van der Waals surface area contributed by atoms with Crippen molar-refractivity contribution in [2.24, 2.45) is 5.41 Å². The molecule has 0 bridgehead atoms. The molecule has 1 nitrogen and oxygen atoms in total. The molecule has 0 amide bonds. The van der Waals surface area contributed by atoms with Crippen molar-refractivity contribution >= 4 is 0 Å². The van der Waals surface area contributed by atoms with Crippen LogP contribution in [0.15, 0.2) is 0 Å². The van der Waals surface area contributed by atoms with E-state index in [1.807, 2.05) is 0 Å². The minimum absolute atomic E-state index is 0.0642. The van der Waals surface area contributed by atoms with Crippen molar-refractivity contribution < 1.29 is 5.11 Å². The van der Waals surface area contributed by atoms with Crippen molar-refractivity contribution in [2.45, 2.75) is 40.5 Å². The lowest BCUT2D eigenvalue weighted by Gasteiger charge is -2.30. The van der Waals surface area contributed by atoms with Gasteiger partial charge in [0.25, 0.3) is 0 Å². The predicted molar refractivity (Wildman–Crippen MR) is 44.7 cm³/mol. The second-order valence-electron chi connectivity index (χ2n) is 3.47. The van der Waals surface area contributed by atoms with E-state index in [2.05, 4.69) is 27.7 Å². The van der Waals surface area contributed by atoms with Crippen molar-refractivity contribution in [2.75, 3.05) is 6.61 Å². The Hall–Kier alpha value is -0.0400. The van der Waals surface area contributed by atoms with Crippen molar-refractivity contribution in [3.05, 3.63) is 5.92 Å². The topological polar surface area (TPSA) is 20.2 Å². The van der Waals surface area contributed by atoms with E-state index in [-0.39, 0.29) is 12.0 Å². The molecule has 0 aromatic heterocycles. The first-order chi connectivity index (χ1) is 4.56. The van der Waals surface area contributed by atoms with Crippen LogP contribution >= 0.6 is 0 Å². The van der Waals surface area contributed by atoms with Gasteiger partial charge in [0.1, 0.15) is 0 Å². The molecule has 0 aliphatic rings. The average Bonchev–Trinajstić information content (AvgIpc) is 1.88. The molecule has 0 fully saturated rings. The van der Waals surface area contributed by atoms with E-state index < -0.39 is 0 Å². The van der Waals surface area contributed by atoms with Gasteiger partial charge in [-0.3, -0.25) is 0 Å². The molecular weight excluding hydrogens is 124 g/mol.